The van der Waals surface area contributed by atoms with Crippen LogP contribution in [0.25, 0.3) is 0 Å². The van der Waals surface area contributed by atoms with Crippen LogP contribution >= 0.6 is 0 Å². The Labute approximate surface area is 70.9 Å². The number of halogens is 3. The predicted molar refractivity (Wildman–Crippen MR) is 32.3 cm³/mol. The minimum absolute atomic E-state index is 1.04. The molecular weight excluding hydrogens is 193 g/mol. The molecule has 2 N–H and O–H groups in total. The molecule has 0 unspecified atom stereocenters. The lowest BCUT2D eigenvalue weighted by molar-refractivity contribution is -0.295. The highest BCUT2D eigenvalue weighted by Gasteiger charge is 2.58. The Balaban J connectivity index is 2.84. The summed E-state index contributed by atoms with van der Waals surface area (Å²) in [5, 5.41) is 17.6. The number of hydrogen-bond donors (Lipinski definition) is 2. The highest BCUT2D eigenvalue weighted by molar-refractivity contribution is 5.71. The molecule has 0 amide bonds. The Morgan fingerprint density at radius 1 is 1.54 bits per heavy atom. The summed E-state index contributed by atoms with van der Waals surface area (Å²) >= 11 is 0. The van der Waals surface area contributed by atoms with E-state index >= 15 is 0 Å². The first kappa shape index (κ1) is 10.3. The van der Waals surface area contributed by atoms with Crippen molar-refractivity contribution in [1.82, 2.24) is 0 Å². The maximum Gasteiger partial charge on any atom is 0.418 e. The second-order valence-corrected chi connectivity index (χ2v) is 2.85. The summed E-state index contributed by atoms with van der Waals surface area (Å²) in [5.41, 5.74) is -3.16. The van der Waals surface area contributed by atoms with Crippen molar-refractivity contribution >= 4 is 5.97 Å². The SMILES string of the molecule is O=C1C[C@](O)(C(F)(F)F)C[C@@H](O)O1. The van der Waals surface area contributed by atoms with Gasteiger partial charge in [-0.05, 0) is 0 Å². The van der Waals surface area contributed by atoms with Crippen molar-refractivity contribution < 1.29 is 32.9 Å². The molecule has 0 aliphatic carbocycles. The van der Waals surface area contributed by atoms with E-state index in [2.05, 4.69) is 4.74 Å². The monoisotopic (exact) mass is 200 g/mol. The van der Waals surface area contributed by atoms with Crippen LogP contribution in [0.15, 0.2) is 0 Å². The van der Waals surface area contributed by atoms with Crippen molar-refractivity contribution in [2.75, 3.05) is 0 Å². The molecule has 1 aliphatic heterocycles. The largest absolute Gasteiger partial charge is 0.436 e. The summed E-state index contributed by atoms with van der Waals surface area (Å²) < 4.78 is 40.3. The van der Waals surface area contributed by atoms with Gasteiger partial charge in [-0.15, -0.1) is 0 Å². The number of alkyl halides is 3. The molecule has 1 fully saturated rings. The van der Waals surface area contributed by atoms with Gasteiger partial charge in [0.05, 0.1) is 6.42 Å². The van der Waals surface area contributed by atoms with Crippen molar-refractivity contribution in [2.24, 2.45) is 0 Å². The fourth-order valence-corrected chi connectivity index (χ4v) is 1.05. The summed E-state index contributed by atoms with van der Waals surface area (Å²) in [5.74, 6) is -1.27. The highest BCUT2D eigenvalue weighted by atomic mass is 19.4. The molecule has 2 atom stereocenters. The Kier molecular flexibility index (Phi) is 2.25. The maximum atomic E-state index is 12.1. The van der Waals surface area contributed by atoms with Crippen molar-refractivity contribution in [3.8, 4) is 0 Å². The quantitative estimate of drug-likeness (QED) is 0.537. The predicted octanol–water partition coefficient (Wildman–Crippen LogP) is -0.0648. The normalized spacial score (nSPS) is 35.8. The van der Waals surface area contributed by atoms with Gasteiger partial charge < -0.3 is 14.9 Å². The summed E-state index contributed by atoms with van der Waals surface area (Å²) in [6.07, 6.45) is -9.05. The molecule has 0 bridgehead atoms. The van der Waals surface area contributed by atoms with Gasteiger partial charge in [0.2, 0.25) is 6.29 Å². The van der Waals surface area contributed by atoms with Gasteiger partial charge >= 0.3 is 12.1 Å². The lowest BCUT2D eigenvalue weighted by Gasteiger charge is -2.34. The van der Waals surface area contributed by atoms with Gasteiger partial charge in [-0.3, -0.25) is 4.79 Å². The van der Waals surface area contributed by atoms with Gasteiger partial charge in [-0.2, -0.15) is 13.2 Å². The van der Waals surface area contributed by atoms with Crippen molar-refractivity contribution in [1.29, 1.82) is 0 Å². The standard InChI is InChI=1S/C6H7F3O4/c7-6(8,9)5(12)1-3(10)13-4(11)2-5/h3,10,12H,1-2H2/t3-,5-/m0/s1. The van der Waals surface area contributed by atoms with Crippen LogP contribution in [0, 0.1) is 0 Å². The summed E-state index contributed by atoms with van der Waals surface area (Å²) in [4.78, 5) is 10.5. The van der Waals surface area contributed by atoms with Crippen LogP contribution in [0.1, 0.15) is 12.8 Å². The third kappa shape index (κ3) is 1.92. The Morgan fingerprint density at radius 2 is 2.08 bits per heavy atom. The summed E-state index contributed by atoms with van der Waals surface area (Å²) in [7, 11) is 0. The van der Waals surface area contributed by atoms with Crippen LogP contribution < -0.4 is 0 Å². The van der Waals surface area contributed by atoms with E-state index in [0.29, 0.717) is 0 Å². The number of cyclic esters (lactones) is 1. The zero-order chi connectivity index (χ0) is 10.3. The molecule has 7 heteroatoms. The molecule has 0 spiro atoms. The molecule has 1 rings (SSSR count). The Morgan fingerprint density at radius 3 is 2.46 bits per heavy atom. The summed E-state index contributed by atoms with van der Waals surface area (Å²) in [6, 6.07) is 0. The zero-order valence-corrected chi connectivity index (χ0v) is 6.34. The molecule has 0 aromatic rings. The number of carbonyl (C=O) groups excluding carboxylic acids is 1. The fourth-order valence-electron chi connectivity index (χ4n) is 1.05. The number of rotatable bonds is 0. The molecule has 4 nitrogen and oxygen atoms in total. The molecule has 0 aromatic carbocycles. The number of aliphatic hydroxyl groups is 2. The first-order valence-corrected chi connectivity index (χ1v) is 3.41. The number of hydrogen-bond acceptors (Lipinski definition) is 4. The first-order valence-electron chi connectivity index (χ1n) is 3.41. The summed E-state index contributed by atoms with van der Waals surface area (Å²) in [6.45, 7) is 0. The van der Waals surface area contributed by atoms with E-state index in [4.69, 9.17) is 10.2 Å². The van der Waals surface area contributed by atoms with Crippen LogP contribution in [0.3, 0.4) is 0 Å². The maximum absolute atomic E-state index is 12.1. The van der Waals surface area contributed by atoms with Crippen LogP contribution in [0.2, 0.25) is 0 Å². The third-order valence-electron chi connectivity index (χ3n) is 1.74. The minimum Gasteiger partial charge on any atom is -0.436 e. The molecule has 13 heavy (non-hydrogen) atoms. The van der Waals surface area contributed by atoms with Crippen LogP contribution in [0.4, 0.5) is 13.2 Å². The average molecular weight is 200 g/mol. The van der Waals surface area contributed by atoms with Crippen molar-refractivity contribution in [2.45, 2.75) is 30.9 Å². The molecular formula is C6H7F3O4. The third-order valence-corrected chi connectivity index (χ3v) is 1.74. The Hall–Kier alpha value is -0.820. The van der Waals surface area contributed by atoms with Crippen molar-refractivity contribution in [3.63, 3.8) is 0 Å². The highest BCUT2D eigenvalue weighted by Crippen LogP contribution is 2.39. The van der Waals surface area contributed by atoms with E-state index in [9.17, 15) is 18.0 Å². The molecule has 0 saturated carbocycles. The molecule has 1 saturated heterocycles. The fraction of sp³-hybridized carbons (Fsp3) is 0.833. The zero-order valence-electron chi connectivity index (χ0n) is 6.34. The van der Waals surface area contributed by atoms with Gasteiger partial charge in [0.1, 0.15) is 0 Å². The van der Waals surface area contributed by atoms with Gasteiger partial charge in [0.15, 0.2) is 5.60 Å². The molecule has 0 aromatic heterocycles. The van der Waals surface area contributed by atoms with Gasteiger partial charge in [-0.25, -0.2) is 0 Å². The Bertz CT molecular complexity index is 226. The smallest absolute Gasteiger partial charge is 0.418 e. The van der Waals surface area contributed by atoms with Gasteiger partial charge in [0.25, 0.3) is 0 Å². The molecule has 76 valence electrons. The van der Waals surface area contributed by atoms with Crippen LogP contribution in [0.5, 0.6) is 0 Å². The number of aliphatic hydroxyl groups excluding tert-OH is 1. The van der Waals surface area contributed by atoms with E-state index in [1.54, 1.807) is 0 Å². The van der Waals surface area contributed by atoms with Gasteiger partial charge in [-0.1, -0.05) is 0 Å². The van der Waals surface area contributed by atoms with Crippen molar-refractivity contribution in [3.05, 3.63) is 0 Å². The molecule has 1 heterocycles. The number of carbonyl (C=O) groups is 1. The van der Waals surface area contributed by atoms with Gasteiger partial charge in [0, 0.05) is 6.42 Å². The first-order chi connectivity index (χ1) is 5.74. The second-order valence-electron chi connectivity index (χ2n) is 2.85. The number of esters is 1. The minimum atomic E-state index is -4.94. The van der Waals surface area contributed by atoms with E-state index in [1.807, 2.05) is 0 Å². The molecule has 1 aliphatic rings. The van der Waals surface area contributed by atoms with E-state index < -0.39 is 36.9 Å². The number of ether oxygens (including phenoxy) is 1. The second kappa shape index (κ2) is 2.85. The van der Waals surface area contributed by atoms with Crippen LogP contribution in [-0.2, 0) is 9.53 Å². The van der Waals surface area contributed by atoms with E-state index in [-0.39, 0.29) is 0 Å². The average Bonchev–Trinajstić information content (AvgIpc) is 1.79. The van der Waals surface area contributed by atoms with E-state index in [0.717, 1.165) is 0 Å². The topological polar surface area (TPSA) is 66.8 Å². The molecule has 0 radical (unpaired) electrons. The lowest BCUT2D eigenvalue weighted by Crippen LogP contribution is -2.53. The lowest BCUT2D eigenvalue weighted by atomic mass is 9.92. The van der Waals surface area contributed by atoms with E-state index in [1.165, 1.54) is 0 Å². The van der Waals surface area contributed by atoms with Crippen LogP contribution in [-0.4, -0.2) is 34.2 Å².